The predicted octanol–water partition coefficient (Wildman–Crippen LogP) is 2.38. The molecule has 0 saturated carbocycles. The zero-order chi connectivity index (χ0) is 13.0. The Hall–Kier alpha value is -1.06. The first-order valence-corrected chi connectivity index (χ1v) is 6.58. The second kappa shape index (κ2) is 6.21. The summed E-state index contributed by atoms with van der Waals surface area (Å²) in [6.07, 6.45) is 1.58. The van der Waals surface area contributed by atoms with E-state index < -0.39 is 0 Å². The lowest BCUT2D eigenvalue weighted by atomic mass is 9.99. The average molecular weight is 268 g/mol. The summed E-state index contributed by atoms with van der Waals surface area (Å²) in [4.78, 5) is 13.7. The van der Waals surface area contributed by atoms with Gasteiger partial charge in [-0.05, 0) is 30.0 Å². The molecule has 1 fully saturated rings. The number of carbonyl (C=O) groups is 1. The summed E-state index contributed by atoms with van der Waals surface area (Å²) in [6.45, 7) is 2.15. The Balaban J connectivity index is 1.88. The van der Waals surface area contributed by atoms with Gasteiger partial charge in [0.15, 0.2) is 0 Å². The minimum absolute atomic E-state index is 0.242. The van der Waals surface area contributed by atoms with Gasteiger partial charge in [-0.1, -0.05) is 23.7 Å². The summed E-state index contributed by atoms with van der Waals surface area (Å²) >= 11 is 5.86. The molecule has 1 aliphatic rings. The van der Waals surface area contributed by atoms with E-state index in [9.17, 15) is 4.79 Å². The molecule has 1 aromatic carbocycles. The highest BCUT2D eigenvalue weighted by Crippen LogP contribution is 2.22. The second-order valence-electron chi connectivity index (χ2n) is 4.73. The van der Waals surface area contributed by atoms with E-state index >= 15 is 0 Å². The van der Waals surface area contributed by atoms with E-state index in [1.165, 1.54) is 5.56 Å². The van der Waals surface area contributed by atoms with Gasteiger partial charge in [-0.2, -0.15) is 0 Å². The van der Waals surface area contributed by atoms with Crippen LogP contribution >= 0.6 is 11.6 Å². The van der Waals surface area contributed by atoms with Crippen molar-refractivity contribution in [1.29, 1.82) is 0 Å². The van der Waals surface area contributed by atoms with E-state index in [2.05, 4.69) is 0 Å². The van der Waals surface area contributed by atoms with Crippen LogP contribution in [0.25, 0.3) is 0 Å². The topological polar surface area (TPSA) is 29.5 Å². The Morgan fingerprint density at radius 1 is 1.39 bits per heavy atom. The Morgan fingerprint density at radius 2 is 2.11 bits per heavy atom. The van der Waals surface area contributed by atoms with Gasteiger partial charge in [-0.15, -0.1) is 0 Å². The maximum atomic E-state index is 11.8. The third-order valence-electron chi connectivity index (χ3n) is 3.30. The Bertz CT molecular complexity index is 405. The number of hydrogen-bond acceptors (Lipinski definition) is 2. The van der Waals surface area contributed by atoms with Crippen LogP contribution < -0.4 is 0 Å². The number of nitrogens with zero attached hydrogens (tertiary/aromatic N) is 1. The third kappa shape index (κ3) is 3.47. The second-order valence-corrected chi connectivity index (χ2v) is 5.17. The lowest BCUT2D eigenvalue weighted by Gasteiger charge is -2.15. The van der Waals surface area contributed by atoms with Crippen LogP contribution in [-0.2, 0) is 16.0 Å². The normalized spacial score (nSPS) is 19.6. The molecule has 0 bridgehead atoms. The van der Waals surface area contributed by atoms with Crippen LogP contribution in [0.3, 0.4) is 0 Å². The van der Waals surface area contributed by atoms with Gasteiger partial charge >= 0.3 is 0 Å². The van der Waals surface area contributed by atoms with Crippen LogP contribution in [0.2, 0.25) is 5.02 Å². The number of halogens is 1. The third-order valence-corrected chi connectivity index (χ3v) is 3.55. The molecule has 1 heterocycles. The standard InChI is InChI=1S/C14H18ClNO2/c1-18-7-6-16-10-12(9-14(16)17)8-11-2-4-13(15)5-3-11/h2-5,12H,6-10H2,1H3. The van der Waals surface area contributed by atoms with Crippen LogP contribution in [-0.4, -0.2) is 37.6 Å². The van der Waals surface area contributed by atoms with Crippen molar-refractivity contribution in [2.75, 3.05) is 26.8 Å². The number of carbonyl (C=O) groups excluding carboxylic acids is 1. The van der Waals surface area contributed by atoms with Gasteiger partial charge in [0.05, 0.1) is 6.61 Å². The number of rotatable bonds is 5. The first-order valence-electron chi connectivity index (χ1n) is 6.20. The van der Waals surface area contributed by atoms with Gasteiger partial charge in [0, 0.05) is 31.6 Å². The summed E-state index contributed by atoms with van der Waals surface area (Å²) in [6, 6.07) is 7.86. The number of hydrogen-bond donors (Lipinski definition) is 0. The van der Waals surface area contributed by atoms with E-state index in [1.54, 1.807) is 7.11 Å². The molecular formula is C14H18ClNO2. The highest BCUT2D eigenvalue weighted by Gasteiger charge is 2.28. The molecule has 3 nitrogen and oxygen atoms in total. The molecule has 98 valence electrons. The Labute approximate surface area is 113 Å². The quantitative estimate of drug-likeness (QED) is 0.820. The maximum absolute atomic E-state index is 11.8. The fraction of sp³-hybridized carbons (Fsp3) is 0.500. The molecular weight excluding hydrogens is 250 g/mol. The molecule has 1 amide bonds. The van der Waals surface area contributed by atoms with Crippen LogP contribution in [0.1, 0.15) is 12.0 Å². The first-order chi connectivity index (χ1) is 8.69. The number of benzene rings is 1. The maximum Gasteiger partial charge on any atom is 0.223 e. The van der Waals surface area contributed by atoms with Crippen LogP contribution in [0.4, 0.5) is 0 Å². The fourth-order valence-electron chi connectivity index (χ4n) is 2.36. The zero-order valence-electron chi connectivity index (χ0n) is 10.6. The summed E-state index contributed by atoms with van der Waals surface area (Å²) in [5.74, 6) is 0.654. The monoisotopic (exact) mass is 267 g/mol. The summed E-state index contributed by atoms with van der Waals surface area (Å²) in [5, 5.41) is 0.753. The van der Waals surface area contributed by atoms with Crippen molar-refractivity contribution in [3.63, 3.8) is 0 Å². The highest BCUT2D eigenvalue weighted by atomic mass is 35.5. The van der Waals surface area contributed by atoms with Crippen LogP contribution in [0, 0.1) is 5.92 Å². The van der Waals surface area contributed by atoms with Gasteiger partial charge in [0.1, 0.15) is 0 Å². The Kier molecular flexibility index (Phi) is 4.61. The van der Waals surface area contributed by atoms with E-state index in [-0.39, 0.29) is 5.91 Å². The molecule has 1 saturated heterocycles. The van der Waals surface area contributed by atoms with Gasteiger partial charge in [0.25, 0.3) is 0 Å². The molecule has 1 atom stereocenters. The average Bonchev–Trinajstić information content (AvgIpc) is 2.70. The summed E-state index contributed by atoms with van der Waals surface area (Å²) in [5.41, 5.74) is 1.24. The van der Waals surface area contributed by atoms with E-state index in [0.717, 1.165) is 18.0 Å². The lowest BCUT2D eigenvalue weighted by molar-refractivity contribution is -0.128. The Morgan fingerprint density at radius 3 is 2.78 bits per heavy atom. The minimum Gasteiger partial charge on any atom is -0.383 e. The van der Waals surface area contributed by atoms with Gasteiger partial charge in [0.2, 0.25) is 5.91 Å². The zero-order valence-corrected chi connectivity index (χ0v) is 11.3. The smallest absolute Gasteiger partial charge is 0.223 e. The van der Waals surface area contributed by atoms with Crippen molar-refractivity contribution in [2.45, 2.75) is 12.8 Å². The van der Waals surface area contributed by atoms with E-state index in [1.807, 2.05) is 29.2 Å². The molecule has 0 radical (unpaired) electrons. The van der Waals surface area contributed by atoms with Crippen molar-refractivity contribution < 1.29 is 9.53 Å². The van der Waals surface area contributed by atoms with Crippen LogP contribution in [0.5, 0.6) is 0 Å². The van der Waals surface area contributed by atoms with Crippen molar-refractivity contribution in [2.24, 2.45) is 5.92 Å². The van der Waals surface area contributed by atoms with E-state index in [4.69, 9.17) is 16.3 Å². The predicted molar refractivity (Wildman–Crippen MR) is 71.7 cm³/mol. The molecule has 1 unspecified atom stereocenters. The molecule has 1 aliphatic heterocycles. The van der Waals surface area contributed by atoms with Gasteiger partial charge < -0.3 is 9.64 Å². The van der Waals surface area contributed by atoms with Crippen LogP contribution in [0.15, 0.2) is 24.3 Å². The number of ether oxygens (including phenoxy) is 1. The number of methoxy groups -OCH3 is 1. The first kappa shape index (κ1) is 13.4. The van der Waals surface area contributed by atoms with Crippen molar-refractivity contribution in [3.8, 4) is 0 Å². The molecule has 1 aromatic rings. The number of likely N-dealkylation sites (tertiary alicyclic amines) is 1. The molecule has 0 spiro atoms. The van der Waals surface area contributed by atoms with E-state index in [0.29, 0.717) is 25.5 Å². The summed E-state index contributed by atoms with van der Waals surface area (Å²) < 4.78 is 5.01. The number of amides is 1. The molecule has 18 heavy (non-hydrogen) atoms. The fourth-order valence-corrected chi connectivity index (χ4v) is 2.49. The summed E-state index contributed by atoms with van der Waals surface area (Å²) in [7, 11) is 1.66. The van der Waals surface area contributed by atoms with Gasteiger partial charge in [-0.3, -0.25) is 4.79 Å². The molecule has 4 heteroatoms. The molecule has 0 aliphatic carbocycles. The van der Waals surface area contributed by atoms with Crippen molar-refractivity contribution in [3.05, 3.63) is 34.9 Å². The molecule has 2 rings (SSSR count). The molecule has 0 N–H and O–H groups in total. The van der Waals surface area contributed by atoms with Gasteiger partial charge in [-0.25, -0.2) is 0 Å². The highest BCUT2D eigenvalue weighted by molar-refractivity contribution is 6.30. The van der Waals surface area contributed by atoms with Crippen molar-refractivity contribution >= 4 is 17.5 Å². The molecule has 0 aromatic heterocycles. The lowest BCUT2D eigenvalue weighted by Crippen LogP contribution is -2.28. The largest absolute Gasteiger partial charge is 0.383 e. The SMILES string of the molecule is COCCN1CC(Cc2ccc(Cl)cc2)CC1=O. The van der Waals surface area contributed by atoms with Crippen molar-refractivity contribution in [1.82, 2.24) is 4.90 Å². The minimum atomic E-state index is 0.242.